The average Bonchev–Trinajstić information content (AvgIpc) is 2.69. The summed E-state index contributed by atoms with van der Waals surface area (Å²) in [5.74, 6) is -0.848. The zero-order chi connectivity index (χ0) is 20.0. The zero-order valence-corrected chi connectivity index (χ0v) is 16.3. The van der Waals surface area contributed by atoms with Gasteiger partial charge in [0, 0.05) is 11.3 Å². The van der Waals surface area contributed by atoms with Crippen molar-refractivity contribution < 1.29 is 19.4 Å². The topological polar surface area (TPSA) is 89.6 Å². The number of ether oxygens (including phenoxy) is 1. The van der Waals surface area contributed by atoms with E-state index in [9.17, 15) is 14.7 Å². The first kappa shape index (κ1) is 20.0. The Morgan fingerprint density at radius 1 is 1.07 bits per heavy atom. The van der Waals surface area contributed by atoms with E-state index in [-0.39, 0.29) is 29.4 Å². The number of cyclic esters (lactones) is 1. The van der Waals surface area contributed by atoms with E-state index in [2.05, 4.69) is 0 Å². The molecule has 1 aliphatic rings. The number of aliphatic hydroxyl groups is 1. The molecule has 3 rings (SSSR count). The van der Waals surface area contributed by atoms with Crippen LogP contribution in [0.5, 0.6) is 0 Å². The van der Waals surface area contributed by atoms with Crippen LogP contribution in [0.15, 0.2) is 76.2 Å². The summed E-state index contributed by atoms with van der Waals surface area (Å²) in [6.07, 6.45) is 2.25. The van der Waals surface area contributed by atoms with Gasteiger partial charge < -0.3 is 15.6 Å². The van der Waals surface area contributed by atoms with Crippen LogP contribution in [0.25, 0.3) is 0 Å². The van der Waals surface area contributed by atoms with Crippen LogP contribution in [0.3, 0.4) is 0 Å². The van der Waals surface area contributed by atoms with Crippen molar-refractivity contribution in [1.82, 2.24) is 0 Å². The summed E-state index contributed by atoms with van der Waals surface area (Å²) in [5, 5.41) is 10.7. The molecule has 1 atom stereocenters. The standard InChI is InChI=1S/C22H23NO4S/c23-19(25)13-7-8-14-22(16-9-3-1-4-10-16)15-18(24)20(21(26)27-22)28-17-11-5-2-6-12-17/h1-6,9-12,24H,7-8,13-15H2,(H2,23,25). The van der Waals surface area contributed by atoms with E-state index in [1.165, 1.54) is 11.8 Å². The molecule has 0 radical (unpaired) electrons. The molecule has 0 bridgehead atoms. The van der Waals surface area contributed by atoms with Crippen molar-refractivity contribution in [2.24, 2.45) is 5.73 Å². The number of nitrogens with two attached hydrogens (primary N) is 1. The number of unbranched alkanes of at least 4 members (excludes halogenated alkanes) is 1. The minimum Gasteiger partial charge on any atom is -0.511 e. The van der Waals surface area contributed by atoms with Crippen LogP contribution in [-0.2, 0) is 19.9 Å². The number of carbonyl (C=O) groups is 2. The molecule has 6 heteroatoms. The number of hydrogen-bond acceptors (Lipinski definition) is 5. The highest BCUT2D eigenvalue weighted by molar-refractivity contribution is 8.04. The van der Waals surface area contributed by atoms with Gasteiger partial charge in [-0.05, 0) is 37.0 Å². The average molecular weight is 397 g/mol. The van der Waals surface area contributed by atoms with Crippen LogP contribution in [0.2, 0.25) is 0 Å². The minimum absolute atomic E-state index is 0.0313. The van der Waals surface area contributed by atoms with E-state index in [0.29, 0.717) is 19.3 Å². The summed E-state index contributed by atoms with van der Waals surface area (Å²) in [5.41, 5.74) is 5.10. The molecule has 2 aromatic rings. The van der Waals surface area contributed by atoms with Crippen LogP contribution in [0.4, 0.5) is 0 Å². The lowest BCUT2D eigenvalue weighted by Crippen LogP contribution is -2.37. The summed E-state index contributed by atoms with van der Waals surface area (Å²) in [6.45, 7) is 0. The summed E-state index contributed by atoms with van der Waals surface area (Å²) in [7, 11) is 0. The normalized spacial score (nSPS) is 19.4. The molecule has 0 aromatic heterocycles. The molecule has 0 spiro atoms. The van der Waals surface area contributed by atoms with Crippen LogP contribution in [0.1, 0.15) is 37.7 Å². The van der Waals surface area contributed by atoms with E-state index in [1.807, 2.05) is 60.7 Å². The fourth-order valence-corrected chi connectivity index (χ4v) is 4.18. The minimum atomic E-state index is -0.944. The van der Waals surface area contributed by atoms with Crippen LogP contribution in [0, 0.1) is 0 Å². The summed E-state index contributed by atoms with van der Waals surface area (Å²) < 4.78 is 5.93. The van der Waals surface area contributed by atoms with E-state index >= 15 is 0 Å². The van der Waals surface area contributed by atoms with E-state index in [1.54, 1.807) is 0 Å². The van der Waals surface area contributed by atoms with Crippen molar-refractivity contribution in [2.75, 3.05) is 0 Å². The molecule has 0 aliphatic carbocycles. The zero-order valence-electron chi connectivity index (χ0n) is 15.5. The lowest BCUT2D eigenvalue weighted by molar-refractivity contribution is -0.160. The fourth-order valence-electron chi connectivity index (χ4n) is 3.33. The van der Waals surface area contributed by atoms with Crippen molar-refractivity contribution in [2.45, 2.75) is 42.6 Å². The number of aliphatic hydroxyl groups excluding tert-OH is 1. The van der Waals surface area contributed by atoms with Gasteiger partial charge in [-0.25, -0.2) is 4.79 Å². The van der Waals surface area contributed by atoms with Gasteiger partial charge >= 0.3 is 5.97 Å². The van der Waals surface area contributed by atoms with Gasteiger partial charge in [0.25, 0.3) is 0 Å². The van der Waals surface area contributed by atoms with Gasteiger partial charge in [-0.15, -0.1) is 0 Å². The fraction of sp³-hybridized carbons (Fsp3) is 0.273. The molecule has 1 heterocycles. The van der Waals surface area contributed by atoms with Crippen molar-refractivity contribution >= 4 is 23.6 Å². The van der Waals surface area contributed by atoms with Crippen LogP contribution >= 0.6 is 11.8 Å². The van der Waals surface area contributed by atoms with Crippen LogP contribution < -0.4 is 5.73 Å². The molecule has 1 unspecified atom stereocenters. The summed E-state index contributed by atoms with van der Waals surface area (Å²) >= 11 is 1.20. The number of hydrogen-bond donors (Lipinski definition) is 2. The smallest absolute Gasteiger partial charge is 0.349 e. The number of rotatable bonds is 8. The van der Waals surface area contributed by atoms with Crippen molar-refractivity contribution in [3.63, 3.8) is 0 Å². The Kier molecular flexibility index (Phi) is 6.41. The third-order valence-corrected chi connectivity index (χ3v) is 5.82. The van der Waals surface area contributed by atoms with Gasteiger partial charge in [0.2, 0.25) is 5.91 Å². The number of primary amides is 1. The van der Waals surface area contributed by atoms with Crippen molar-refractivity contribution in [1.29, 1.82) is 0 Å². The highest BCUT2D eigenvalue weighted by Gasteiger charge is 2.43. The van der Waals surface area contributed by atoms with Gasteiger partial charge in [0.1, 0.15) is 16.3 Å². The van der Waals surface area contributed by atoms with Gasteiger partial charge in [-0.3, -0.25) is 4.79 Å². The molecular formula is C22H23NO4S. The van der Waals surface area contributed by atoms with Crippen molar-refractivity contribution in [3.05, 3.63) is 76.9 Å². The maximum Gasteiger partial charge on any atom is 0.349 e. The number of carbonyl (C=O) groups excluding carboxylic acids is 2. The number of esters is 1. The van der Waals surface area contributed by atoms with E-state index in [0.717, 1.165) is 10.5 Å². The highest BCUT2D eigenvalue weighted by atomic mass is 32.2. The molecule has 3 N–H and O–H groups in total. The van der Waals surface area contributed by atoms with Gasteiger partial charge in [-0.2, -0.15) is 0 Å². The summed E-state index contributed by atoms with van der Waals surface area (Å²) in [6, 6.07) is 18.8. The molecule has 0 saturated heterocycles. The van der Waals surface area contributed by atoms with Gasteiger partial charge in [0.05, 0.1) is 6.42 Å². The summed E-state index contributed by atoms with van der Waals surface area (Å²) in [4.78, 5) is 24.9. The van der Waals surface area contributed by atoms with E-state index < -0.39 is 11.6 Å². The first-order valence-corrected chi connectivity index (χ1v) is 10.0. The number of thioether (sulfide) groups is 1. The predicted octanol–water partition coefficient (Wildman–Crippen LogP) is 4.44. The Morgan fingerprint density at radius 3 is 2.32 bits per heavy atom. The van der Waals surface area contributed by atoms with Crippen LogP contribution in [-0.4, -0.2) is 17.0 Å². The molecule has 146 valence electrons. The van der Waals surface area contributed by atoms with E-state index in [4.69, 9.17) is 10.5 Å². The molecule has 1 amide bonds. The van der Waals surface area contributed by atoms with Gasteiger partial charge in [-0.1, -0.05) is 60.3 Å². The third-order valence-electron chi connectivity index (χ3n) is 4.71. The number of amides is 1. The Bertz CT molecular complexity index is 867. The van der Waals surface area contributed by atoms with Crippen molar-refractivity contribution in [3.8, 4) is 0 Å². The molecule has 2 aromatic carbocycles. The molecule has 5 nitrogen and oxygen atoms in total. The first-order valence-electron chi connectivity index (χ1n) is 9.22. The second kappa shape index (κ2) is 8.97. The quantitative estimate of drug-likeness (QED) is 0.508. The largest absolute Gasteiger partial charge is 0.511 e. The molecule has 1 aliphatic heterocycles. The Morgan fingerprint density at radius 2 is 1.71 bits per heavy atom. The Labute approximate surface area is 168 Å². The molecule has 0 fully saturated rings. The number of benzene rings is 2. The lowest BCUT2D eigenvalue weighted by Gasteiger charge is -2.37. The first-order chi connectivity index (χ1) is 13.5. The maximum absolute atomic E-state index is 12.8. The monoisotopic (exact) mass is 397 g/mol. The molecule has 0 saturated carbocycles. The second-order valence-electron chi connectivity index (χ2n) is 6.79. The maximum atomic E-state index is 12.8. The molecular weight excluding hydrogens is 374 g/mol. The third kappa shape index (κ3) is 4.75. The second-order valence-corrected chi connectivity index (χ2v) is 7.87. The lowest BCUT2D eigenvalue weighted by atomic mass is 9.83. The SMILES string of the molecule is NC(=O)CCCCC1(c2ccccc2)CC(O)=C(Sc2ccccc2)C(=O)O1. The predicted molar refractivity (Wildman–Crippen MR) is 108 cm³/mol. The van der Waals surface area contributed by atoms with Gasteiger partial charge in [0.15, 0.2) is 0 Å². The highest BCUT2D eigenvalue weighted by Crippen LogP contribution is 2.45. The Hall–Kier alpha value is -2.73. The Balaban J connectivity index is 1.85. The molecule has 28 heavy (non-hydrogen) atoms.